The van der Waals surface area contributed by atoms with Gasteiger partial charge >= 0.3 is 0 Å². The van der Waals surface area contributed by atoms with Gasteiger partial charge in [-0.15, -0.1) is 0 Å². The molecule has 3 aromatic rings. The summed E-state index contributed by atoms with van der Waals surface area (Å²) < 4.78 is 7.41. The second kappa shape index (κ2) is 7.86. The van der Waals surface area contributed by atoms with Gasteiger partial charge in [-0.2, -0.15) is 0 Å². The molecule has 2 aromatic carbocycles. The van der Waals surface area contributed by atoms with Crippen molar-refractivity contribution in [3.05, 3.63) is 52.5 Å². The third-order valence-electron chi connectivity index (χ3n) is 4.76. The second-order valence-corrected chi connectivity index (χ2v) is 8.43. The maximum atomic E-state index is 12.6. The number of nitrogens with zero attached hydrogens (tertiary/aromatic N) is 3. The highest BCUT2D eigenvalue weighted by Crippen LogP contribution is 2.31. The Labute approximate surface area is 170 Å². The summed E-state index contributed by atoms with van der Waals surface area (Å²) in [5, 5.41) is 1.03. The molecule has 5 nitrogen and oxygen atoms in total. The van der Waals surface area contributed by atoms with Crippen LogP contribution in [-0.4, -0.2) is 49.1 Å². The number of rotatable bonds is 4. The molecule has 1 saturated heterocycles. The van der Waals surface area contributed by atoms with Crippen molar-refractivity contribution in [1.29, 1.82) is 0 Å². The molecule has 7 heteroatoms. The van der Waals surface area contributed by atoms with Crippen LogP contribution < -0.4 is 9.64 Å². The van der Waals surface area contributed by atoms with E-state index in [1.54, 1.807) is 18.4 Å². The Bertz CT molecular complexity index is 950. The zero-order valence-corrected chi connectivity index (χ0v) is 17.4. The number of carbonyl (C=O) groups excluding carboxylic acids is 1. The molecule has 1 aromatic heterocycles. The summed E-state index contributed by atoms with van der Waals surface area (Å²) >= 11 is 5.21. The molecule has 0 radical (unpaired) electrons. The van der Waals surface area contributed by atoms with E-state index in [2.05, 4.69) is 26.9 Å². The molecule has 4 rings (SSSR count). The van der Waals surface area contributed by atoms with Crippen LogP contribution in [0.1, 0.15) is 5.56 Å². The SMILES string of the molecule is COc1ccc(CC(=O)N2CCN(c3nc4ccc(Br)cc4s3)CC2)cc1. The largest absolute Gasteiger partial charge is 0.497 e. The molecule has 0 N–H and O–H groups in total. The number of ether oxygens (including phenoxy) is 1. The zero-order chi connectivity index (χ0) is 18.8. The Hall–Kier alpha value is -2.12. The minimum atomic E-state index is 0.174. The van der Waals surface area contributed by atoms with E-state index in [1.807, 2.05) is 41.3 Å². The second-order valence-electron chi connectivity index (χ2n) is 6.50. The first kappa shape index (κ1) is 18.3. The van der Waals surface area contributed by atoms with Gasteiger partial charge in [-0.25, -0.2) is 4.98 Å². The van der Waals surface area contributed by atoms with Gasteiger partial charge in [0.05, 0.1) is 23.7 Å². The van der Waals surface area contributed by atoms with Crippen LogP contribution in [0, 0.1) is 0 Å². The number of fused-ring (bicyclic) bond motifs is 1. The van der Waals surface area contributed by atoms with E-state index in [0.29, 0.717) is 6.42 Å². The van der Waals surface area contributed by atoms with Crippen LogP contribution >= 0.6 is 27.3 Å². The predicted molar refractivity (Wildman–Crippen MR) is 113 cm³/mol. The number of piperazine rings is 1. The monoisotopic (exact) mass is 445 g/mol. The van der Waals surface area contributed by atoms with E-state index in [0.717, 1.165) is 52.6 Å². The third-order valence-corrected chi connectivity index (χ3v) is 6.33. The van der Waals surface area contributed by atoms with E-state index in [9.17, 15) is 4.79 Å². The van der Waals surface area contributed by atoms with Gasteiger partial charge in [0.1, 0.15) is 5.75 Å². The molecule has 0 atom stereocenters. The lowest BCUT2D eigenvalue weighted by molar-refractivity contribution is -0.130. The molecule has 0 unspecified atom stereocenters. The highest BCUT2D eigenvalue weighted by Gasteiger charge is 2.23. The number of amides is 1. The highest BCUT2D eigenvalue weighted by molar-refractivity contribution is 9.10. The summed E-state index contributed by atoms with van der Waals surface area (Å²) in [5.41, 5.74) is 2.04. The number of halogens is 1. The average molecular weight is 446 g/mol. The van der Waals surface area contributed by atoms with Crippen molar-refractivity contribution >= 4 is 48.5 Å². The lowest BCUT2D eigenvalue weighted by atomic mass is 10.1. The molecule has 0 aliphatic carbocycles. The van der Waals surface area contributed by atoms with Gasteiger partial charge in [-0.05, 0) is 35.9 Å². The van der Waals surface area contributed by atoms with E-state index in [1.165, 1.54) is 4.70 Å². The number of hydrogen-bond acceptors (Lipinski definition) is 5. The average Bonchev–Trinajstić information content (AvgIpc) is 3.12. The first-order valence-corrected chi connectivity index (χ1v) is 10.4. The van der Waals surface area contributed by atoms with Gasteiger partial charge < -0.3 is 14.5 Å². The minimum Gasteiger partial charge on any atom is -0.497 e. The van der Waals surface area contributed by atoms with Gasteiger partial charge in [0.2, 0.25) is 5.91 Å². The molecule has 140 valence electrons. The fraction of sp³-hybridized carbons (Fsp3) is 0.300. The minimum absolute atomic E-state index is 0.174. The number of anilines is 1. The van der Waals surface area contributed by atoms with E-state index < -0.39 is 0 Å². The van der Waals surface area contributed by atoms with Gasteiger partial charge in [0.25, 0.3) is 0 Å². The van der Waals surface area contributed by atoms with Crippen LogP contribution in [0.15, 0.2) is 46.9 Å². The Kier molecular flexibility index (Phi) is 5.31. The molecule has 1 aliphatic rings. The normalized spacial score (nSPS) is 14.6. The van der Waals surface area contributed by atoms with Crippen molar-refractivity contribution in [2.75, 3.05) is 38.2 Å². The number of aromatic nitrogens is 1. The molecule has 0 bridgehead atoms. The number of hydrogen-bond donors (Lipinski definition) is 0. The molecule has 1 aliphatic heterocycles. The van der Waals surface area contributed by atoms with Crippen molar-refractivity contribution in [2.45, 2.75) is 6.42 Å². The van der Waals surface area contributed by atoms with Crippen molar-refractivity contribution in [2.24, 2.45) is 0 Å². The van der Waals surface area contributed by atoms with Crippen LogP contribution in [0.5, 0.6) is 5.75 Å². The molecule has 0 spiro atoms. The smallest absolute Gasteiger partial charge is 0.227 e. The predicted octanol–water partition coefficient (Wildman–Crippen LogP) is 3.96. The van der Waals surface area contributed by atoms with E-state index >= 15 is 0 Å². The fourth-order valence-electron chi connectivity index (χ4n) is 3.20. The summed E-state index contributed by atoms with van der Waals surface area (Å²) in [4.78, 5) is 21.6. The maximum Gasteiger partial charge on any atom is 0.227 e. The van der Waals surface area contributed by atoms with Crippen LogP contribution in [0.3, 0.4) is 0 Å². The van der Waals surface area contributed by atoms with Crippen LogP contribution in [-0.2, 0) is 11.2 Å². The Morgan fingerprint density at radius 3 is 2.59 bits per heavy atom. The standard InChI is InChI=1S/C20H20BrN3O2S/c1-26-16-5-2-14(3-6-16)12-19(25)23-8-10-24(11-9-23)20-22-17-7-4-15(21)13-18(17)27-20/h2-7,13H,8-12H2,1H3. The summed E-state index contributed by atoms with van der Waals surface area (Å²) in [7, 11) is 1.64. The van der Waals surface area contributed by atoms with Gasteiger partial charge in [-0.1, -0.05) is 39.4 Å². The van der Waals surface area contributed by atoms with Crippen LogP contribution in [0.4, 0.5) is 5.13 Å². The quantitative estimate of drug-likeness (QED) is 0.609. The van der Waals surface area contributed by atoms with Crippen molar-refractivity contribution in [3.8, 4) is 5.75 Å². The summed E-state index contributed by atoms with van der Waals surface area (Å²) in [6, 6.07) is 13.8. The van der Waals surface area contributed by atoms with E-state index in [-0.39, 0.29) is 5.91 Å². The molecular formula is C20H20BrN3O2S. The summed E-state index contributed by atoms with van der Waals surface area (Å²) in [6.07, 6.45) is 0.430. The van der Waals surface area contributed by atoms with E-state index in [4.69, 9.17) is 9.72 Å². The summed E-state index contributed by atoms with van der Waals surface area (Å²) in [5.74, 6) is 0.982. The molecule has 2 heterocycles. The van der Waals surface area contributed by atoms with Gasteiger partial charge in [-0.3, -0.25) is 4.79 Å². The number of carbonyl (C=O) groups is 1. The lowest BCUT2D eigenvalue weighted by Gasteiger charge is -2.34. The fourth-order valence-corrected chi connectivity index (χ4v) is 4.77. The lowest BCUT2D eigenvalue weighted by Crippen LogP contribution is -2.49. The third kappa shape index (κ3) is 4.09. The Balaban J connectivity index is 1.36. The van der Waals surface area contributed by atoms with Gasteiger partial charge in [0.15, 0.2) is 5.13 Å². The number of benzene rings is 2. The first-order valence-electron chi connectivity index (χ1n) is 8.84. The molecular weight excluding hydrogens is 426 g/mol. The Morgan fingerprint density at radius 2 is 1.89 bits per heavy atom. The molecule has 0 saturated carbocycles. The highest BCUT2D eigenvalue weighted by atomic mass is 79.9. The first-order chi connectivity index (χ1) is 13.1. The zero-order valence-electron chi connectivity index (χ0n) is 15.0. The maximum absolute atomic E-state index is 12.6. The topological polar surface area (TPSA) is 45.7 Å². The Morgan fingerprint density at radius 1 is 1.15 bits per heavy atom. The summed E-state index contributed by atoms with van der Waals surface area (Å²) in [6.45, 7) is 3.09. The van der Waals surface area contributed by atoms with Gasteiger partial charge in [0, 0.05) is 30.7 Å². The molecule has 27 heavy (non-hydrogen) atoms. The van der Waals surface area contributed by atoms with Crippen molar-refractivity contribution in [3.63, 3.8) is 0 Å². The van der Waals surface area contributed by atoms with Crippen molar-refractivity contribution in [1.82, 2.24) is 9.88 Å². The van der Waals surface area contributed by atoms with Crippen LogP contribution in [0.2, 0.25) is 0 Å². The number of thiazole rings is 1. The van der Waals surface area contributed by atoms with Crippen molar-refractivity contribution < 1.29 is 9.53 Å². The van der Waals surface area contributed by atoms with Crippen LogP contribution in [0.25, 0.3) is 10.2 Å². The molecule has 1 fully saturated rings. The number of methoxy groups -OCH3 is 1. The molecule has 1 amide bonds.